The molecule has 0 fully saturated rings. The van der Waals surface area contributed by atoms with Crippen molar-refractivity contribution in [2.24, 2.45) is 0 Å². The first-order valence-corrected chi connectivity index (χ1v) is 7.86. The predicted octanol–water partition coefficient (Wildman–Crippen LogP) is 2.48. The van der Waals surface area contributed by atoms with E-state index in [0.29, 0.717) is 0 Å². The maximum atomic E-state index is 9.85. The number of para-hydroxylation sites is 2. The van der Waals surface area contributed by atoms with Gasteiger partial charge in [-0.25, -0.2) is 0 Å². The first kappa shape index (κ1) is 11.6. The number of thiophene rings is 1. The summed E-state index contributed by atoms with van der Waals surface area (Å²) in [5, 5.41) is 16.5. The van der Waals surface area contributed by atoms with Gasteiger partial charge < -0.3 is 0 Å². The molecule has 0 saturated heterocycles. The van der Waals surface area contributed by atoms with Crippen LogP contribution in [0.4, 0.5) is 0 Å². The Morgan fingerprint density at radius 2 is 2.00 bits per heavy atom. The van der Waals surface area contributed by atoms with Gasteiger partial charge in [0, 0.05) is 0 Å². The molecule has 1 N–H and O–H groups in total. The van der Waals surface area contributed by atoms with Gasteiger partial charge in [-0.2, -0.15) is 0 Å². The number of aromatic hydroxyl groups is 1. The van der Waals surface area contributed by atoms with Gasteiger partial charge in [0.05, 0.1) is 0 Å². The second-order valence-corrected chi connectivity index (χ2v) is 6.46. The van der Waals surface area contributed by atoms with Crippen LogP contribution in [0.25, 0.3) is 16.3 Å². The molecule has 0 aliphatic carbocycles. The van der Waals surface area contributed by atoms with Crippen LogP contribution in [-0.4, -0.2) is 14.9 Å². The number of phenols is 1. The quantitative estimate of drug-likeness (QED) is 0.739. The molecule has 0 atom stereocenters. The van der Waals surface area contributed by atoms with Crippen molar-refractivity contribution in [3.05, 3.63) is 48.0 Å². The van der Waals surface area contributed by atoms with Crippen LogP contribution >= 0.6 is 11.3 Å². The molecule has 0 saturated carbocycles. The molecule has 0 spiro atoms. The average molecular weight is 307 g/mol. The van der Waals surface area contributed by atoms with Crippen LogP contribution in [0, 0.1) is 0 Å². The number of nitrogens with zero attached hydrogens (tertiary/aromatic N) is 2. The minimum atomic E-state index is 0.248. The van der Waals surface area contributed by atoms with Gasteiger partial charge in [-0.15, -0.1) is 0 Å². The van der Waals surface area contributed by atoms with E-state index in [1.807, 2.05) is 35.8 Å². The van der Waals surface area contributed by atoms with Crippen LogP contribution in [0.1, 0.15) is 0 Å². The molecule has 0 unspecified atom stereocenters. The summed E-state index contributed by atoms with van der Waals surface area (Å²) < 4.78 is 2.98. The molecule has 18 heavy (non-hydrogen) atoms. The predicted molar refractivity (Wildman–Crippen MR) is 68.2 cm³/mol. The molecule has 1 aromatic carbocycles. The number of hydrogen-bond acceptors (Lipinski definition) is 3. The number of rotatable bonds is 2. The van der Waals surface area contributed by atoms with Gasteiger partial charge in [-0.1, -0.05) is 0 Å². The van der Waals surface area contributed by atoms with Crippen LogP contribution in [0.2, 0.25) is 0 Å². The third-order valence-electron chi connectivity index (χ3n) is 2.67. The summed E-state index contributed by atoms with van der Waals surface area (Å²) in [4.78, 5) is 1.17. The van der Waals surface area contributed by atoms with E-state index in [2.05, 4.69) is 11.2 Å². The zero-order valence-corrected chi connectivity index (χ0v) is 13.4. The van der Waals surface area contributed by atoms with Crippen molar-refractivity contribution in [1.82, 2.24) is 9.78 Å². The summed E-state index contributed by atoms with van der Waals surface area (Å²) in [6.07, 6.45) is 1.99. The molecule has 0 aliphatic heterocycles. The standard InChI is InChI=1S/C13H9N2OS.Zn/c16-12-5-2-1-4-11(12)15-8-7-10(14-15)13-6-3-9-17-13;/h1-6,8-9,16H;. The third kappa shape index (κ3) is 2.00. The van der Waals surface area contributed by atoms with Crippen molar-refractivity contribution in [1.29, 1.82) is 0 Å². The topological polar surface area (TPSA) is 38.0 Å². The zero-order valence-electron chi connectivity index (χ0n) is 9.58. The van der Waals surface area contributed by atoms with E-state index in [1.165, 1.54) is 9.03 Å². The van der Waals surface area contributed by atoms with Crippen molar-refractivity contribution in [2.45, 2.75) is 0 Å². The molecule has 0 bridgehead atoms. The van der Waals surface area contributed by atoms with E-state index in [0.717, 1.165) is 29.7 Å². The fourth-order valence-electron chi connectivity index (χ4n) is 1.81. The van der Waals surface area contributed by atoms with E-state index in [9.17, 15) is 5.11 Å². The first-order chi connectivity index (χ1) is 8.75. The van der Waals surface area contributed by atoms with Crippen LogP contribution in [0.3, 0.4) is 0 Å². The van der Waals surface area contributed by atoms with Gasteiger partial charge in [-0.3, -0.25) is 0 Å². The van der Waals surface area contributed by atoms with E-state index in [1.54, 1.807) is 22.1 Å². The van der Waals surface area contributed by atoms with E-state index in [4.69, 9.17) is 0 Å². The summed E-state index contributed by atoms with van der Waals surface area (Å²) in [6, 6.07) is 11.3. The van der Waals surface area contributed by atoms with Crippen LogP contribution < -0.4 is 4.16 Å². The third-order valence-corrected chi connectivity index (χ3v) is 4.64. The summed E-state index contributed by atoms with van der Waals surface area (Å²) in [7, 11) is 0. The molecular weight excluding hydrogens is 298 g/mol. The summed E-state index contributed by atoms with van der Waals surface area (Å²) in [6.45, 7) is 0. The van der Waals surface area contributed by atoms with E-state index in [-0.39, 0.29) is 5.75 Å². The summed E-state index contributed by atoms with van der Waals surface area (Å²) in [5.41, 5.74) is 1.74. The molecule has 0 radical (unpaired) electrons. The molecule has 2 aromatic heterocycles. The Hall–Kier alpha value is -1.45. The Balaban J connectivity index is 2.11. The van der Waals surface area contributed by atoms with Gasteiger partial charge in [0.2, 0.25) is 0 Å². The van der Waals surface area contributed by atoms with Crippen molar-refractivity contribution in [2.75, 3.05) is 0 Å². The molecule has 5 heteroatoms. The Morgan fingerprint density at radius 1 is 1.17 bits per heavy atom. The molecule has 3 nitrogen and oxygen atoms in total. The van der Waals surface area contributed by atoms with Crippen LogP contribution in [0.15, 0.2) is 48.0 Å². The molecule has 3 rings (SSSR count). The Bertz CT molecular complexity index is 676. The number of phenolic OH excluding ortho intramolecular Hbond substituents is 1. The fourth-order valence-corrected chi connectivity index (χ4v) is 3.74. The molecule has 3 aromatic rings. The Morgan fingerprint density at radius 3 is 2.72 bits per heavy atom. The molecule has 0 amide bonds. The van der Waals surface area contributed by atoms with Crippen molar-refractivity contribution in [3.8, 4) is 22.0 Å². The minimum absolute atomic E-state index is 0.248. The average Bonchev–Trinajstić information content (AvgIpc) is 2.98. The van der Waals surface area contributed by atoms with Gasteiger partial charge in [0.1, 0.15) is 0 Å². The monoisotopic (exact) mass is 305 g/mol. The van der Waals surface area contributed by atoms with Crippen molar-refractivity contribution in [3.63, 3.8) is 0 Å². The second-order valence-electron chi connectivity index (χ2n) is 3.91. The molecule has 2 heterocycles. The first-order valence-electron chi connectivity index (χ1n) is 5.49. The van der Waals surface area contributed by atoms with Crippen molar-refractivity contribution < 1.29 is 23.4 Å². The number of aromatic nitrogens is 2. The van der Waals surface area contributed by atoms with E-state index < -0.39 is 0 Å². The molecule has 0 aliphatic rings. The second kappa shape index (κ2) is 4.67. The molecular formula is C13H9N2OSZn. The van der Waals surface area contributed by atoms with Gasteiger partial charge in [0.15, 0.2) is 0 Å². The number of benzene rings is 1. The Kier molecular flexibility index (Phi) is 3.02. The summed E-state index contributed by atoms with van der Waals surface area (Å²) >= 11 is 2.73. The normalized spacial score (nSPS) is 10.8. The SMILES string of the molecule is Oc1ccccc1-n1c[c]([Zn])c(-c2cccs2)n1. The number of hydrogen-bond donors (Lipinski definition) is 1. The van der Waals surface area contributed by atoms with Crippen molar-refractivity contribution >= 4 is 15.5 Å². The molecule has 85 valence electrons. The fraction of sp³-hybridized carbons (Fsp3) is 0. The van der Waals surface area contributed by atoms with E-state index >= 15 is 0 Å². The van der Waals surface area contributed by atoms with Crippen LogP contribution in [-0.2, 0) is 18.3 Å². The summed E-state index contributed by atoms with van der Waals surface area (Å²) in [5.74, 6) is 0.248. The zero-order chi connectivity index (χ0) is 12.5. The maximum absolute atomic E-state index is 9.85. The van der Waals surface area contributed by atoms with Gasteiger partial charge >= 0.3 is 119 Å². The van der Waals surface area contributed by atoms with Gasteiger partial charge in [-0.05, 0) is 0 Å². The Labute approximate surface area is 118 Å². The van der Waals surface area contributed by atoms with Gasteiger partial charge in [0.25, 0.3) is 0 Å². The van der Waals surface area contributed by atoms with Crippen LogP contribution in [0.5, 0.6) is 5.75 Å².